The maximum Gasteiger partial charge on any atom is 0.305 e. The number of carboxylic acid groups (broad SMARTS) is 1. The number of amides is 2. The predicted octanol–water partition coefficient (Wildman–Crippen LogP) is 1.11. The van der Waals surface area contributed by atoms with Crippen molar-refractivity contribution in [3.05, 3.63) is 24.2 Å². The number of rotatable bonds is 7. The second kappa shape index (κ2) is 7.47. The Bertz CT molecular complexity index is 495. The summed E-state index contributed by atoms with van der Waals surface area (Å²) in [6, 6.07) is 2.16. The lowest BCUT2D eigenvalue weighted by Crippen LogP contribution is -2.49. The SMILES string of the molecule is CC(NC(=O)c1ccco1)C(=O)N(CCC(=O)O)C(C)C. The molecule has 0 fully saturated rings. The molecule has 116 valence electrons. The van der Waals surface area contributed by atoms with Gasteiger partial charge < -0.3 is 19.7 Å². The molecule has 7 heteroatoms. The highest BCUT2D eigenvalue weighted by molar-refractivity contribution is 5.95. The Morgan fingerprint density at radius 2 is 2.00 bits per heavy atom. The second-order valence-electron chi connectivity index (χ2n) is 4.94. The van der Waals surface area contributed by atoms with E-state index in [1.54, 1.807) is 26.8 Å². The van der Waals surface area contributed by atoms with Crippen molar-refractivity contribution in [2.45, 2.75) is 39.3 Å². The molecule has 0 radical (unpaired) electrons. The Morgan fingerprint density at radius 3 is 2.48 bits per heavy atom. The van der Waals surface area contributed by atoms with E-state index >= 15 is 0 Å². The molecule has 0 aromatic carbocycles. The Morgan fingerprint density at radius 1 is 1.33 bits per heavy atom. The van der Waals surface area contributed by atoms with Gasteiger partial charge in [0.25, 0.3) is 5.91 Å². The van der Waals surface area contributed by atoms with E-state index in [1.165, 1.54) is 17.2 Å². The Hall–Kier alpha value is -2.31. The fraction of sp³-hybridized carbons (Fsp3) is 0.500. The highest BCUT2D eigenvalue weighted by Crippen LogP contribution is 2.06. The van der Waals surface area contributed by atoms with Crippen molar-refractivity contribution >= 4 is 17.8 Å². The van der Waals surface area contributed by atoms with E-state index in [1.807, 2.05) is 0 Å². The van der Waals surface area contributed by atoms with Crippen molar-refractivity contribution in [2.24, 2.45) is 0 Å². The molecule has 0 aliphatic rings. The Kier molecular flexibility index (Phi) is 5.95. The molecule has 2 amide bonds. The zero-order chi connectivity index (χ0) is 16.0. The largest absolute Gasteiger partial charge is 0.481 e. The van der Waals surface area contributed by atoms with Crippen LogP contribution in [-0.4, -0.2) is 46.4 Å². The number of hydrogen-bond donors (Lipinski definition) is 2. The minimum Gasteiger partial charge on any atom is -0.481 e. The minimum atomic E-state index is -0.972. The lowest BCUT2D eigenvalue weighted by molar-refractivity contribution is -0.139. The van der Waals surface area contributed by atoms with Crippen LogP contribution in [0.15, 0.2) is 22.8 Å². The van der Waals surface area contributed by atoms with Crippen molar-refractivity contribution in [1.29, 1.82) is 0 Å². The second-order valence-corrected chi connectivity index (χ2v) is 4.94. The molecular formula is C14H20N2O5. The van der Waals surface area contributed by atoms with E-state index in [9.17, 15) is 14.4 Å². The standard InChI is InChI=1S/C14H20N2O5/c1-9(2)16(7-6-12(17)18)14(20)10(3)15-13(19)11-5-4-8-21-11/h4-5,8-10H,6-7H2,1-3H3,(H,15,19)(H,17,18). The summed E-state index contributed by atoms with van der Waals surface area (Å²) in [4.78, 5) is 36.2. The average molecular weight is 296 g/mol. The molecule has 1 rings (SSSR count). The predicted molar refractivity (Wildman–Crippen MR) is 74.7 cm³/mol. The van der Waals surface area contributed by atoms with Gasteiger partial charge in [0.05, 0.1) is 12.7 Å². The number of aliphatic carboxylic acids is 1. The summed E-state index contributed by atoms with van der Waals surface area (Å²) in [5.41, 5.74) is 0. The van der Waals surface area contributed by atoms with Crippen LogP contribution in [0.1, 0.15) is 37.7 Å². The third-order valence-corrected chi connectivity index (χ3v) is 2.94. The van der Waals surface area contributed by atoms with Gasteiger partial charge in [0.1, 0.15) is 6.04 Å². The molecule has 1 aromatic rings. The van der Waals surface area contributed by atoms with Crippen molar-refractivity contribution < 1.29 is 23.9 Å². The van der Waals surface area contributed by atoms with Gasteiger partial charge in [0, 0.05) is 12.6 Å². The molecule has 1 aromatic heterocycles. The summed E-state index contributed by atoms with van der Waals surface area (Å²) in [6.07, 6.45) is 1.23. The van der Waals surface area contributed by atoms with Crippen molar-refractivity contribution in [1.82, 2.24) is 10.2 Å². The number of furan rings is 1. The quantitative estimate of drug-likeness (QED) is 0.785. The third-order valence-electron chi connectivity index (χ3n) is 2.94. The minimum absolute atomic E-state index is 0.104. The lowest BCUT2D eigenvalue weighted by atomic mass is 10.2. The summed E-state index contributed by atoms with van der Waals surface area (Å²) < 4.78 is 4.95. The molecular weight excluding hydrogens is 276 g/mol. The summed E-state index contributed by atoms with van der Waals surface area (Å²) in [6.45, 7) is 5.24. The molecule has 0 aliphatic carbocycles. The third kappa shape index (κ3) is 4.94. The van der Waals surface area contributed by atoms with Crippen LogP contribution in [-0.2, 0) is 9.59 Å². The van der Waals surface area contributed by atoms with Crippen LogP contribution in [0.25, 0.3) is 0 Å². The zero-order valence-corrected chi connectivity index (χ0v) is 12.3. The maximum absolute atomic E-state index is 12.3. The molecule has 0 saturated carbocycles. The first kappa shape index (κ1) is 16.7. The van der Waals surface area contributed by atoms with E-state index in [-0.39, 0.29) is 30.7 Å². The van der Waals surface area contributed by atoms with Crippen molar-refractivity contribution in [3.63, 3.8) is 0 Å². The summed E-state index contributed by atoms with van der Waals surface area (Å²) >= 11 is 0. The number of carbonyl (C=O) groups is 3. The molecule has 21 heavy (non-hydrogen) atoms. The normalized spacial score (nSPS) is 12.0. The van der Waals surface area contributed by atoms with Gasteiger partial charge in [-0.2, -0.15) is 0 Å². The van der Waals surface area contributed by atoms with Crippen LogP contribution in [0.2, 0.25) is 0 Å². The van der Waals surface area contributed by atoms with Crippen LogP contribution in [0.5, 0.6) is 0 Å². The van der Waals surface area contributed by atoms with Gasteiger partial charge in [-0.1, -0.05) is 0 Å². The first-order valence-corrected chi connectivity index (χ1v) is 6.69. The number of carbonyl (C=O) groups excluding carboxylic acids is 2. The summed E-state index contributed by atoms with van der Waals surface area (Å²) in [7, 11) is 0. The summed E-state index contributed by atoms with van der Waals surface area (Å²) in [5, 5.41) is 11.2. The fourth-order valence-electron chi connectivity index (χ4n) is 1.82. The fourth-order valence-corrected chi connectivity index (χ4v) is 1.82. The highest BCUT2D eigenvalue weighted by Gasteiger charge is 2.25. The molecule has 0 aliphatic heterocycles. The van der Waals surface area contributed by atoms with E-state index in [0.29, 0.717) is 0 Å². The van der Waals surface area contributed by atoms with Gasteiger partial charge >= 0.3 is 5.97 Å². The van der Waals surface area contributed by atoms with E-state index in [2.05, 4.69) is 5.32 Å². The first-order valence-electron chi connectivity index (χ1n) is 6.69. The first-order chi connectivity index (χ1) is 9.82. The summed E-state index contributed by atoms with van der Waals surface area (Å²) in [5.74, 6) is -1.66. The molecule has 0 spiro atoms. The maximum atomic E-state index is 12.3. The highest BCUT2D eigenvalue weighted by atomic mass is 16.4. The molecule has 2 N–H and O–H groups in total. The molecule has 0 saturated heterocycles. The zero-order valence-electron chi connectivity index (χ0n) is 12.3. The van der Waals surface area contributed by atoms with Crippen LogP contribution < -0.4 is 5.32 Å². The lowest BCUT2D eigenvalue weighted by Gasteiger charge is -2.29. The number of nitrogens with zero attached hydrogens (tertiary/aromatic N) is 1. The van der Waals surface area contributed by atoms with Crippen molar-refractivity contribution in [3.8, 4) is 0 Å². The van der Waals surface area contributed by atoms with E-state index in [4.69, 9.17) is 9.52 Å². The van der Waals surface area contributed by atoms with E-state index < -0.39 is 17.9 Å². The topological polar surface area (TPSA) is 99.9 Å². The van der Waals surface area contributed by atoms with Gasteiger partial charge in [-0.3, -0.25) is 14.4 Å². The monoisotopic (exact) mass is 296 g/mol. The molecule has 0 bridgehead atoms. The van der Waals surface area contributed by atoms with E-state index in [0.717, 1.165) is 0 Å². The number of hydrogen-bond acceptors (Lipinski definition) is 4. The Balaban J connectivity index is 2.65. The Labute approximate surface area is 122 Å². The van der Waals surface area contributed by atoms with Gasteiger partial charge in [-0.25, -0.2) is 0 Å². The molecule has 1 unspecified atom stereocenters. The number of nitrogens with one attached hydrogen (secondary N) is 1. The van der Waals surface area contributed by atoms with Crippen LogP contribution >= 0.6 is 0 Å². The van der Waals surface area contributed by atoms with Crippen molar-refractivity contribution in [2.75, 3.05) is 6.54 Å². The molecule has 1 atom stereocenters. The molecule has 1 heterocycles. The van der Waals surface area contributed by atoms with Crippen LogP contribution in [0.4, 0.5) is 0 Å². The van der Waals surface area contributed by atoms with Gasteiger partial charge in [0.2, 0.25) is 5.91 Å². The van der Waals surface area contributed by atoms with Gasteiger partial charge in [-0.15, -0.1) is 0 Å². The van der Waals surface area contributed by atoms with Crippen LogP contribution in [0, 0.1) is 0 Å². The average Bonchev–Trinajstić information content (AvgIpc) is 2.91. The number of carboxylic acids is 1. The van der Waals surface area contributed by atoms with Gasteiger partial charge in [-0.05, 0) is 32.9 Å². The smallest absolute Gasteiger partial charge is 0.305 e. The molecule has 7 nitrogen and oxygen atoms in total. The van der Waals surface area contributed by atoms with Crippen LogP contribution in [0.3, 0.4) is 0 Å². The van der Waals surface area contributed by atoms with Gasteiger partial charge in [0.15, 0.2) is 5.76 Å².